The van der Waals surface area contributed by atoms with Crippen LogP contribution in [0.2, 0.25) is 0 Å². The van der Waals surface area contributed by atoms with Gasteiger partial charge in [0.15, 0.2) is 0 Å². The van der Waals surface area contributed by atoms with Crippen molar-refractivity contribution in [3.63, 3.8) is 0 Å². The van der Waals surface area contributed by atoms with E-state index in [1.165, 1.54) is 16.7 Å². The van der Waals surface area contributed by atoms with Gasteiger partial charge in [-0.25, -0.2) is 18.4 Å². The summed E-state index contributed by atoms with van der Waals surface area (Å²) < 4.78 is 32.0. The number of aromatic nitrogens is 4. The summed E-state index contributed by atoms with van der Waals surface area (Å²) in [5, 5.41) is 6.19. The number of hydrogen-bond acceptors (Lipinski definition) is 7. The number of sulfonamides is 1. The van der Waals surface area contributed by atoms with E-state index in [2.05, 4.69) is 20.2 Å². The highest BCUT2D eigenvalue weighted by Crippen LogP contribution is 2.25. The van der Waals surface area contributed by atoms with Crippen LogP contribution < -0.4 is 5.73 Å². The van der Waals surface area contributed by atoms with E-state index < -0.39 is 16.1 Å². The minimum absolute atomic E-state index is 0.131. The van der Waals surface area contributed by atoms with Gasteiger partial charge >= 0.3 is 0 Å². The van der Waals surface area contributed by atoms with Crippen molar-refractivity contribution in [3.8, 4) is 0 Å². The lowest BCUT2D eigenvalue weighted by atomic mass is 10.2. The largest absolute Gasteiger partial charge is 0.384 e. The Morgan fingerprint density at radius 3 is 2.95 bits per heavy atom. The number of nitrogens with zero attached hydrogens (tertiary/aromatic N) is 4. The Balaban J connectivity index is 1.86. The molecule has 1 fully saturated rings. The Morgan fingerprint density at radius 2 is 2.27 bits per heavy atom. The van der Waals surface area contributed by atoms with Crippen LogP contribution in [0, 0.1) is 6.92 Å². The van der Waals surface area contributed by atoms with E-state index >= 15 is 0 Å². The fraction of sp³-hybridized carbons (Fsp3) is 0.417. The first-order valence-electron chi connectivity index (χ1n) is 6.68. The van der Waals surface area contributed by atoms with Crippen molar-refractivity contribution in [1.82, 2.24) is 24.5 Å². The Morgan fingerprint density at radius 1 is 1.45 bits per heavy atom. The molecule has 0 aliphatic carbocycles. The molecule has 3 rings (SSSR count). The van der Waals surface area contributed by atoms with Gasteiger partial charge in [-0.3, -0.25) is 5.10 Å². The lowest BCUT2D eigenvalue weighted by molar-refractivity contribution is -0.00504. The molecule has 22 heavy (non-hydrogen) atoms. The number of anilines is 1. The van der Waals surface area contributed by atoms with Crippen LogP contribution >= 0.6 is 0 Å². The SMILES string of the molecule is Cc1nc(N)cc([C@@H]2CN(S(=O)(=O)c3cn[nH]c3)CCO2)n1. The molecule has 1 saturated heterocycles. The summed E-state index contributed by atoms with van der Waals surface area (Å²) in [5.41, 5.74) is 6.29. The highest BCUT2D eigenvalue weighted by molar-refractivity contribution is 7.89. The highest BCUT2D eigenvalue weighted by Gasteiger charge is 2.32. The molecule has 10 heteroatoms. The summed E-state index contributed by atoms with van der Waals surface area (Å²) in [5.74, 6) is 0.856. The van der Waals surface area contributed by atoms with Crippen molar-refractivity contribution in [1.29, 1.82) is 0 Å². The molecule has 0 amide bonds. The lowest BCUT2D eigenvalue weighted by Gasteiger charge is -2.31. The molecule has 1 aliphatic rings. The summed E-state index contributed by atoms with van der Waals surface area (Å²) in [6.07, 6.45) is 2.17. The molecule has 0 saturated carbocycles. The average Bonchev–Trinajstić information content (AvgIpc) is 3.01. The third kappa shape index (κ3) is 2.80. The van der Waals surface area contributed by atoms with E-state index in [-0.39, 0.29) is 24.6 Å². The third-order valence-electron chi connectivity index (χ3n) is 3.35. The van der Waals surface area contributed by atoms with Crippen LogP contribution in [-0.2, 0) is 14.8 Å². The molecule has 3 heterocycles. The van der Waals surface area contributed by atoms with Crippen LogP contribution in [0.15, 0.2) is 23.4 Å². The Hall–Kier alpha value is -2.04. The van der Waals surface area contributed by atoms with Crippen LogP contribution in [0.25, 0.3) is 0 Å². The Bertz CT molecular complexity index is 741. The summed E-state index contributed by atoms with van der Waals surface area (Å²) >= 11 is 0. The molecule has 1 atom stereocenters. The van der Waals surface area contributed by atoms with E-state index in [0.29, 0.717) is 17.3 Å². The number of nitrogens with two attached hydrogens (primary N) is 1. The van der Waals surface area contributed by atoms with E-state index in [0.717, 1.165) is 0 Å². The Labute approximate surface area is 127 Å². The first-order valence-corrected chi connectivity index (χ1v) is 8.12. The van der Waals surface area contributed by atoms with Crippen LogP contribution in [-0.4, -0.2) is 52.6 Å². The number of hydrogen-bond donors (Lipinski definition) is 2. The minimum Gasteiger partial charge on any atom is -0.384 e. The maximum atomic E-state index is 12.5. The van der Waals surface area contributed by atoms with Crippen LogP contribution in [0.3, 0.4) is 0 Å². The molecule has 1 aliphatic heterocycles. The second-order valence-electron chi connectivity index (χ2n) is 4.92. The van der Waals surface area contributed by atoms with Crippen LogP contribution in [0.1, 0.15) is 17.6 Å². The molecule has 3 N–H and O–H groups in total. The second kappa shape index (κ2) is 5.63. The van der Waals surface area contributed by atoms with E-state index in [1.54, 1.807) is 13.0 Å². The van der Waals surface area contributed by atoms with Crippen LogP contribution in [0.5, 0.6) is 0 Å². The predicted octanol–water partition coefficient (Wildman–Crippen LogP) is -0.147. The topological polar surface area (TPSA) is 127 Å². The molecule has 0 radical (unpaired) electrons. The van der Waals surface area contributed by atoms with E-state index in [1.807, 2.05) is 0 Å². The quantitative estimate of drug-likeness (QED) is 0.804. The minimum atomic E-state index is -3.59. The summed E-state index contributed by atoms with van der Waals surface area (Å²) in [7, 11) is -3.59. The third-order valence-corrected chi connectivity index (χ3v) is 5.18. The average molecular weight is 324 g/mol. The number of nitrogens with one attached hydrogen (secondary N) is 1. The van der Waals surface area contributed by atoms with Gasteiger partial charge in [-0.1, -0.05) is 0 Å². The molecule has 118 valence electrons. The maximum absolute atomic E-state index is 12.5. The molecule has 2 aromatic rings. The molecular formula is C12H16N6O3S. The first kappa shape index (κ1) is 14.9. The van der Waals surface area contributed by atoms with Crippen molar-refractivity contribution < 1.29 is 13.2 Å². The zero-order valence-corrected chi connectivity index (χ0v) is 12.7. The monoisotopic (exact) mass is 324 g/mol. The van der Waals surface area contributed by atoms with Gasteiger partial charge in [-0.15, -0.1) is 0 Å². The molecule has 9 nitrogen and oxygen atoms in total. The summed E-state index contributed by atoms with van der Waals surface area (Å²) in [6, 6.07) is 1.60. The molecular weight excluding hydrogens is 308 g/mol. The van der Waals surface area contributed by atoms with Crippen LogP contribution in [0.4, 0.5) is 5.82 Å². The summed E-state index contributed by atoms with van der Waals surface area (Å²) in [4.78, 5) is 8.42. The fourth-order valence-corrected chi connectivity index (χ4v) is 3.66. The summed E-state index contributed by atoms with van der Waals surface area (Å²) in [6.45, 7) is 2.46. The number of nitrogen functional groups attached to an aromatic ring is 1. The Kier molecular flexibility index (Phi) is 3.81. The second-order valence-corrected chi connectivity index (χ2v) is 6.86. The van der Waals surface area contributed by atoms with Gasteiger partial charge in [0.25, 0.3) is 0 Å². The zero-order valence-electron chi connectivity index (χ0n) is 11.9. The van der Waals surface area contributed by atoms with Crippen molar-refractivity contribution in [3.05, 3.63) is 30.0 Å². The van der Waals surface area contributed by atoms with Crippen molar-refractivity contribution in [2.24, 2.45) is 0 Å². The van der Waals surface area contributed by atoms with Gasteiger partial charge in [0, 0.05) is 25.4 Å². The van der Waals surface area contributed by atoms with Crippen molar-refractivity contribution in [2.45, 2.75) is 17.9 Å². The standard InChI is InChI=1S/C12H16N6O3S/c1-8-16-10(4-12(13)17-8)11-7-18(2-3-21-11)22(19,20)9-5-14-15-6-9/h4-6,11H,2-3,7H2,1H3,(H,14,15)(H2,13,16,17)/t11-/m0/s1. The van der Waals surface area contributed by atoms with E-state index in [9.17, 15) is 8.42 Å². The van der Waals surface area contributed by atoms with Gasteiger partial charge in [-0.05, 0) is 6.92 Å². The maximum Gasteiger partial charge on any atom is 0.246 e. The van der Waals surface area contributed by atoms with Gasteiger partial charge in [0.05, 0.1) is 18.5 Å². The number of H-pyrrole nitrogens is 1. The fourth-order valence-electron chi connectivity index (χ4n) is 2.33. The van der Waals surface area contributed by atoms with Gasteiger partial charge < -0.3 is 10.5 Å². The predicted molar refractivity (Wildman–Crippen MR) is 77.2 cm³/mol. The molecule has 0 spiro atoms. The molecule has 0 unspecified atom stereocenters. The molecule has 2 aromatic heterocycles. The van der Waals surface area contributed by atoms with Crippen molar-refractivity contribution in [2.75, 3.05) is 25.4 Å². The first-order chi connectivity index (χ1) is 10.5. The number of rotatable bonds is 3. The molecule has 0 aromatic carbocycles. The van der Waals surface area contributed by atoms with Gasteiger partial charge in [-0.2, -0.15) is 9.40 Å². The smallest absolute Gasteiger partial charge is 0.246 e. The number of morpholine rings is 1. The van der Waals surface area contributed by atoms with Crippen molar-refractivity contribution >= 4 is 15.8 Å². The number of ether oxygens (including phenoxy) is 1. The highest BCUT2D eigenvalue weighted by atomic mass is 32.2. The molecule has 0 bridgehead atoms. The normalized spacial score (nSPS) is 20.1. The van der Waals surface area contributed by atoms with E-state index in [4.69, 9.17) is 10.5 Å². The number of aryl methyl sites for hydroxylation is 1. The van der Waals surface area contributed by atoms with Gasteiger partial charge in [0.2, 0.25) is 10.0 Å². The number of aromatic amines is 1. The zero-order chi connectivity index (χ0) is 15.7. The van der Waals surface area contributed by atoms with Gasteiger partial charge in [0.1, 0.15) is 22.6 Å². The lowest BCUT2D eigenvalue weighted by Crippen LogP contribution is -2.42.